The number of nitrogens with zero attached hydrogens (tertiary/aromatic N) is 1. The molecular formula is C16H14N2O3. The van der Waals surface area contributed by atoms with Gasteiger partial charge in [-0.1, -0.05) is 12.1 Å². The van der Waals surface area contributed by atoms with E-state index in [-0.39, 0.29) is 0 Å². The average molecular weight is 282 g/mol. The Bertz CT molecular complexity index is 643. The van der Waals surface area contributed by atoms with Crippen LogP contribution in [0.15, 0.2) is 48.5 Å². The smallest absolute Gasteiger partial charge is 0.264 e. The summed E-state index contributed by atoms with van der Waals surface area (Å²) in [4.78, 5) is 11.4. The monoisotopic (exact) mass is 282 g/mol. The first kappa shape index (κ1) is 14.4. The number of carbonyl (C=O) groups is 1. The lowest BCUT2D eigenvalue weighted by molar-refractivity contribution is 0.0973. The van der Waals surface area contributed by atoms with E-state index in [1.54, 1.807) is 37.6 Å². The van der Waals surface area contributed by atoms with Gasteiger partial charge in [0.15, 0.2) is 6.19 Å². The van der Waals surface area contributed by atoms with Crippen LogP contribution >= 0.6 is 0 Å². The van der Waals surface area contributed by atoms with Crippen molar-refractivity contribution in [3.8, 4) is 17.7 Å². The zero-order valence-corrected chi connectivity index (χ0v) is 11.5. The third kappa shape index (κ3) is 3.98. The van der Waals surface area contributed by atoms with Crippen molar-refractivity contribution in [2.45, 2.75) is 6.61 Å². The van der Waals surface area contributed by atoms with E-state index in [1.807, 2.05) is 24.3 Å². The van der Waals surface area contributed by atoms with E-state index in [0.717, 1.165) is 11.3 Å². The summed E-state index contributed by atoms with van der Waals surface area (Å²) in [5, 5.41) is 10.4. The zero-order chi connectivity index (χ0) is 15.1. The number of rotatable bonds is 5. The summed E-state index contributed by atoms with van der Waals surface area (Å²) in [6.07, 6.45) is 1.60. The van der Waals surface area contributed by atoms with Crippen LogP contribution in [0.4, 0.5) is 0 Å². The minimum atomic E-state index is -0.431. The van der Waals surface area contributed by atoms with Crippen molar-refractivity contribution >= 4 is 5.91 Å². The lowest BCUT2D eigenvalue weighted by Gasteiger charge is -2.07. The van der Waals surface area contributed by atoms with Crippen molar-refractivity contribution in [3.63, 3.8) is 0 Å². The van der Waals surface area contributed by atoms with Gasteiger partial charge in [-0.2, -0.15) is 5.26 Å². The van der Waals surface area contributed by atoms with Crippen LogP contribution in [-0.2, 0) is 6.61 Å². The molecule has 0 aliphatic carbocycles. The normalized spacial score (nSPS) is 9.52. The Morgan fingerprint density at radius 3 is 2.29 bits per heavy atom. The summed E-state index contributed by atoms with van der Waals surface area (Å²) in [6, 6.07) is 14.2. The molecule has 0 spiro atoms. The summed E-state index contributed by atoms with van der Waals surface area (Å²) >= 11 is 0. The van der Waals surface area contributed by atoms with Gasteiger partial charge in [0.2, 0.25) is 0 Å². The number of nitriles is 1. The fraction of sp³-hybridized carbons (Fsp3) is 0.125. The molecule has 1 N–H and O–H groups in total. The molecule has 0 unspecified atom stereocenters. The molecule has 0 atom stereocenters. The molecule has 21 heavy (non-hydrogen) atoms. The molecule has 0 fully saturated rings. The Morgan fingerprint density at radius 1 is 1.10 bits per heavy atom. The molecular weight excluding hydrogens is 268 g/mol. The highest BCUT2D eigenvalue weighted by atomic mass is 16.5. The molecule has 106 valence electrons. The Kier molecular flexibility index (Phi) is 4.78. The minimum absolute atomic E-state index is 0.411. The van der Waals surface area contributed by atoms with Gasteiger partial charge in [-0.3, -0.25) is 10.1 Å². The SMILES string of the molecule is COc1ccc(COc2ccc(C(=O)NC#N)cc2)cc1. The fourth-order valence-corrected chi connectivity index (χ4v) is 1.71. The van der Waals surface area contributed by atoms with Crippen LogP contribution in [0.1, 0.15) is 15.9 Å². The third-order valence-corrected chi connectivity index (χ3v) is 2.85. The lowest BCUT2D eigenvalue weighted by Crippen LogP contribution is -2.16. The van der Waals surface area contributed by atoms with Gasteiger partial charge in [0.05, 0.1) is 7.11 Å². The number of hydrogen-bond donors (Lipinski definition) is 1. The maximum atomic E-state index is 11.4. The molecule has 0 aliphatic heterocycles. The second-order valence-corrected chi connectivity index (χ2v) is 4.23. The first-order valence-corrected chi connectivity index (χ1v) is 6.28. The van der Waals surface area contributed by atoms with Gasteiger partial charge >= 0.3 is 0 Å². The van der Waals surface area contributed by atoms with E-state index in [1.165, 1.54) is 0 Å². The quantitative estimate of drug-likeness (QED) is 0.675. The van der Waals surface area contributed by atoms with Crippen molar-refractivity contribution in [2.75, 3.05) is 7.11 Å². The molecule has 2 aromatic carbocycles. The Hall–Kier alpha value is -3.00. The number of amides is 1. The predicted molar refractivity (Wildman–Crippen MR) is 76.8 cm³/mol. The van der Waals surface area contributed by atoms with Gasteiger partial charge in [-0.05, 0) is 42.0 Å². The van der Waals surface area contributed by atoms with Crippen LogP contribution in [0.3, 0.4) is 0 Å². The van der Waals surface area contributed by atoms with Gasteiger partial charge in [0.1, 0.15) is 18.1 Å². The average Bonchev–Trinajstić information content (AvgIpc) is 2.54. The number of hydrogen-bond acceptors (Lipinski definition) is 4. The molecule has 0 aliphatic rings. The summed E-state index contributed by atoms with van der Waals surface area (Å²) in [6.45, 7) is 0.424. The number of benzene rings is 2. The second kappa shape index (κ2) is 6.96. The van der Waals surface area contributed by atoms with Gasteiger partial charge in [-0.25, -0.2) is 0 Å². The minimum Gasteiger partial charge on any atom is -0.497 e. The number of methoxy groups -OCH3 is 1. The number of nitrogens with one attached hydrogen (secondary N) is 1. The largest absolute Gasteiger partial charge is 0.497 e. The Morgan fingerprint density at radius 2 is 1.71 bits per heavy atom. The summed E-state index contributed by atoms with van der Waals surface area (Å²) in [5.41, 5.74) is 1.43. The molecule has 2 aromatic rings. The lowest BCUT2D eigenvalue weighted by atomic mass is 10.2. The molecule has 0 heterocycles. The zero-order valence-electron chi connectivity index (χ0n) is 11.5. The fourth-order valence-electron chi connectivity index (χ4n) is 1.71. The highest BCUT2D eigenvalue weighted by Gasteiger charge is 2.04. The van der Waals surface area contributed by atoms with Crippen LogP contribution < -0.4 is 14.8 Å². The van der Waals surface area contributed by atoms with Crippen molar-refractivity contribution in [3.05, 3.63) is 59.7 Å². The second-order valence-electron chi connectivity index (χ2n) is 4.23. The highest BCUT2D eigenvalue weighted by Crippen LogP contribution is 2.16. The maximum Gasteiger partial charge on any atom is 0.264 e. The van der Waals surface area contributed by atoms with Crippen LogP contribution in [0.2, 0.25) is 0 Å². The Balaban J connectivity index is 1.94. The molecule has 0 radical (unpaired) electrons. The topological polar surface area (TPSA) is 71.3 Å². The van der Waals surface area contributed by atoms with Crippen molar-refractivity contribution < 1.29 is 14.3 Å². The van der Waals surface area contributed by atoms with E-state index in [9.17, 15) is 4.79 Å². The molecule has 0 saturated carbocycles. The van der Waals surface area contributed by atoms with Crippen molar-refractivity contribution in [1.82, 2.24) is 5.32 Å². The van der Waals surface area contributed by atoms with E-state index in [2.05, 4.69) is 5.32 Å². The third-order valence-electron chi connectivity index (χ3n) is 2.85. The standard InChI is InChI=1S/C16H14N2O3/c1-20-14-6-2-12(3-7-14)10-21-15-8-4-13(5-9-15)16(19)18-11-17/h2-9H,10H2,1H3,(H,18,19). The molecule has 5 heteroatoms. The van der Waals surface area contributed by atoms with Crippen molar-refractivity contribution in [1.29, 1.82) is 5.26 Å². The molecule has 2 rings (SSSR count). The first-order valence-electron chi connectivity index (χ1n) is 6.28. The molecule has 0 bridgehead atoms. The maximum absolute atomic E-state index is 11.4. The summed E-state index contributed by atoms with van der Waals surface area (Å²) in [5.74, 6) is 1.02. The van der Waals surface area contributed by atoms with Gasteiger partial charge in [0, 0.05) is 5.56 Å². The van der Waals surface area contributed by atoms with Gasteiger partial charge < -0.3 is 9.47 Å². The molecule has 5 nitrogen and oxygen atoms in total. The van der Waals surface area contributed by atoms with Crippen LogP contribution in [-0.4, -0.2) is 13.0 Å². The van der Waals surface area contributed by atoms with E-state index in [0.29, 0.717) is 17.9 Å². The van der Waals surface area contributed by atoms with Crippen molar-refractivity contribution in [2.24, 2.45) is 0 Å². The Labute approximate surface area is 122 Å². The number of ether oxygens (including phenoxy) is 2. The first-order chi connectivity index (χ1) is 10.2. The van der Waals surface area contributed by atoms with Gasteiger partial charge in [-0.15, -0.1) is 0 Å². The molecule has 1 amide bonds. The molecule has 0 saturated heterocycles. The van der Waals surface area contributed by atoms with Crippen LogP contribution in [0.25, 0.3) is 0 Å². The van der Waals surface area contributed by atoms with Crippen LogP contribution in [0, 0.1) is 11.5 Å². The van der Waals surface area contributed by atoms with Crippen LogP contribution in [0.5, 0.6) is 11.5 Å². The number of carbonyl (C=O) groups excluding carboxylic acids is 1. The summed E-state index contributed by atoms with van der Waals surface area (Å²) in [7, 11) is 1.62. The highest BCUT2D eigenvalue weighted by molar-refractivity contribution is 5.95. The molecule has 0 aromatic heterocycles. The van der Waals surface area contributed by atoms with E-state index < -0.39 is 5.91 Å². The van der Waals surface area contributed by atoms with Gasteiger partial charge in [0.25, 0.3) is 5.91 Å². The van der Waals surface area contributed by atoms with E-state index in [4.69, 9.17) is 14.7 Å². The summed E-state index contributed by atoms with van der Waals surface area (Å²) < 4.78 is 10.7. The van der Waals surface area contributed by atoms with E-state index >= 15 is 0 Å². The predicted octanol–water partition coefficient (Wildman–Crippen LogP) is 2.49.